The number of ether oxygens (including phenoxy) is 2. The second kappa shape index (κ2) is 5.27. The Hall–Kier alpha value is -1.42. The van der Waals surface area contributed by atoms with Crippen LogP contribution in [0.3, 0.4) is 0 Å². The fraction of sp³-hybridized carbons (Fsp3) is 0.538. The van der Waals surface area contributed by atoms with Gasteiger partial charge in [-0.3, -0.25) is 0 Å². The van der Waals surface area contributed by atoms with Gasteiger partial charge in [-0.15, -0.1) is 0 Å². The minimum Gasteiger partial charge on any atom is -0.497 e. The molecule has 0 radical (unpaired) electrons. The van der Waals surface area contributed by atoms with E-state index in [1.807, 2.05) is 12.1 Å². The molecule has 17 heavy (non-hydrogen) atoms. The summed E-state index contributed by atoms with van der Waals surface area (Å²) >= 11 is 0. The highest BCUT2D eigenvalue weighted by Gasteiger charge is 2.19. The monoisotopic (exact) mass is 236 g/mol. The highest BCUT2D eigenvalue weighted by atomic mass is 16.5. The molecule has 0 aliphatic carbocycles. The number of hydrogen-bond donors (Lipinski definition) is 1. The fourth-order valence-electron chi connectivity index (χ4n) is 2.20. The van der Waals surface area contributed by atoms with Crippen LogP contribution in [0.15, 0.2) is 18.2 Å². The lowest BCUT2D eigenvalue weighted by Crippen LogP contribution is -2.49. The molecule has 1 aromatic carbocycles. The van der Waals surface area contributed by atoms with Gasteiger partial charge in [-0.05, 0) is 19.1 Å². The highest BCUT2D eigenvalue weighted by Crippen LogP contribution is 2.32. The molecule has 0 aromatic heterocycles. The van der Waals surface area contributed by atoms with Crippen LogP contribution < -0.4 is 19.7 Å². The van der Waals surface area contributed by atoms with Gasteiger partial charge < -0.3 is 19.7 Å². The molecular weight excluding hydrogens is 216 g/mol. The maximum Gasteiger partial charge on any atom is 0.145 e. The lowest BCUT2D eigenvalue weighted by molar-refractivity contribution is 0.392. The molecule has 0 bridgehead atoms. The first-order chi connectivity index (χ1) is 8.24. The number of anilines is 1. The predicted octanol–water partition coefficient (Wildman–Crippen LogP) is 1.50. The summed E-state index contributed by atoms with van der Waals surface area (Å²) < 4.78 is 10.6. The van der Waals surface area contributed by atoms with E-state index in [0.29, 0.717) is 6.04 Å². The summed E-state index contributed by atoms with van der Waals surface area (Å²) in [5, 5.41) is 3.43. The van der Waals surface area contributed by atoms with E-state index in [1.54, 1.807) is 14.2 Å². The number of piperazine rings is 1. The van der Waals surface area contributed by atoms with Crippen LogP contribution in [-0.4, -0.2) is 39.9 Å². The van der Waals surface area contributed by atoms with Crippen LogP contribution in [0.4, 0.5) is 5.69 Å². The summed E-state index contributed by atoms with van der Waals surface area (Å²) in [5.41, 5.74) is 1.14. The Kier molecular flexibility index (Phi) is 3.74. The van der Waals surface area contributed by atoms with Gasteiger partial charge in [-0.1, -0.05) is 0 Å². The van der Waals surface area contributed by atoms with Gasteiger partial charge in [-0.2, -0.15) is 0 Å². The van der Waals surface area contributed by atoms with Crippen LogP contribution in [0, 0.1) is 0 Å². The van der Waals surface area contributed by atoms with Crippen molar-refractivity contribution in [3.05, 3.63) is 18.2 Å². The number of rotatable bonds is 3. The van der Waals surface area contributed by atoms with Gasteiger partial charge in [-0.25, -0.2) is 0 Å². The molecule has 1 atom stereocenters. The summed E-state index contributed by atoms with van der Waals surface area (Å²) in [5.74, 6) is 1.70. The molecule has 1 unspecified atom stereocenters. The molecule has 4 nitrogen and oxygen atoms in total. The molecule has 1 aromatic rings. The van der Waals surface area contributed by atoms with Crippen LogP contribution in [0.25, 0.3) is 0 Å². The predicted molar refractivity (Wildman–Crippen MR) is 69.2 cm³/mol. The Balaban J connectivity index is 2.24. The average molecular weight is 236 g/mol. The zero-order chi connectivity index (χ0) is 12.3. The Bertz CT molecular complexity index is 382. The summed E-state index contributed by atoms with van der Waals surface area (Å²) in [6.45, 7) is 5.22. The number of benzene rings is 1. The van der Waals surface area contributed by atoms with Gasteiger partial charge in [0.15, 0.2) is 0 Å². The van der Waals surface area contributed by atoms with Crippen molar-refractivity contribution in [2.75, 3.05) is 38.8 Å². The van der Waals surface area contributed by atoms with Crippen molar-refractivity contribution in [3.8, 4) is 11.5 Å². The smallest absolute Gasteiger partial charge is 0.145 e. The maximum absolute atomic E-state index is 5.43. The quantitative estimate of drug-likeness (QED) is 0.862. The number of hydrogen-bond acceptors (Lipinski definition) is 4. The van der Waals surface area contributed by atoms with Crippen molar-refractivity contribution in [1.29, 1.82) is 0 Å². The molecular formula is C13H20N2O2. The van der Waals surface area contributed by atoms with Gasteiger partial charge in [0.05, 0.1) is 19.9 Å². The molecule has 0 amide bonds. The molecule has 4 heteroatoms. The summed E-state index contributed by atoms with van der Waals surface area (Å²) in [6, 6.07) is 6.48. The van der Waals surface area contributed by atoms with Crippen LogP contribution in [0.5, 0.6) is 11.5 Å². The van der Waals surface area contributed by atoms with Crippen LogP contribution in [-0.2, 0) is 0 Å². The van der Waals surface area contributed by atoms with Crippen molar-refractivity contribution >= 4 is 5.69 Å². The molecule has 1 heterocycles. The maximum atomic E-state index is 5.43. The standard InChI is InChI=1S/C13H20N2O2/c1-10-9-15(7-6-14-10)12-5-4-11(16-2)8-13(12)17-3/h4-5,8,10,14H,6-7,9H2,1-3H3. The lowest BCUT2D eigenvalue weighted by Gasteiger charge is -2.34. The van der Waals surface area contributed by atoms with Crippen molar-refractivity contribution < 1.29 is 9.47 Å². The van der Waals surface area contributed by atoms with Gasteiger partial charge in [0.2, 0.25) is 0 Å². The summed E-state index contributed by atoms with van der Waals surface area (Å²) in [7, 11) is 3.37. The van der Waals surface area contributed by atoms with Crippen molar-refractivity contribution in [2.24, 2.45) is 0 Å². The van der Waals surface area contributed by atoms with E-state index in [2.05, 4.69) is 23.2 Å². The molecule has 2 rings (SSSR count). The number of methoxy groups -OCH3 is 2. The Morgan fingerprint density at radius 2 is 2.12 bits per heavy atom. The minimum absolute atomic E-state index is 0.510. The normalized spacial score (nSPS) is 20.2. The topological polar surface area (TPSA) is 33.7 Å². The molecule has 1 N–H and O–H groups in total. The second-order valence-electron chi connectivity index (χ2n) is 4.34. The van der Waals surface area contributed by atoms with Crippen molar-refractivity contribution in [3.63, 3.8) is 0 Å². The van der Waals surface area contributed by atoms with E-state index in [9.17, 15) is 0 Å². The van der Waals surface area contributed by atoms with E-state index >= 15 is 0 Å². The Morgan fingerprint density at radius 3 is 2.76 bits per heavy atom. The first kappa shape index (κ1) is 12.0. The molecule has 0 saturated carbocycles. The zero-order valence-corrected chi connectivity index (χ0v) is 10.7. The van der Waals surface area contributed by atoms with E-state index < -0.39 is 0 Å². The summed E-state index contributed by atoms with van der Waals surface area (Å²) in [4.78, 5) is 2.35. The zero-order valence-electron chi connectivity index (χ0n) is 10.7. The molecule has 94 valence electrons. The van der Waals surface area contributed by atoms with Crippen LogP contribution >= 0.6 is 0 Å². The largest absolute Gasteiger partial charge is 0.497 e. The number of nitrogens with one attached hydrogen (secondary N) is 1. The first-order valence-electron chi connectivity index (χ1n) is 5.95. The summed E-state index contributed by atoms with van der Waals surface area (Å²) in [6.07, 6.45) is 0. The third-order valence-corrected chi connectivity index (χ3v) is 3.10. The van der Waals surface area contributed by atoms with Crippen molar-refractivity contribution in [2.45, 2.75) is 13.0 Å². The minimum atomic E-state index is 0.510. The van der Waals surface area contributed by atoms with Crippen LogP contribution in [0.1, 0.15) is 6.92 Å². The molecule has 1 aliphatic rings. The van der Waals surface area contributed by atoms with E-state index in [1.165, 1.54) is 0 Å². The first-order valence-corrected chi connectivity index (χ1v) is 5.95. The Labute approximate surface area is 103 Å². The molecule has 1 saturated heterocycles. The molecule has 1 aliphatic heterocycles. The van der Waals surface area contributed by atoms with Crippen LogP contribution in [0.2, 0.25) is 0 Å². The fourth-order valence-corrected chi connectivity index (χ4v) is 2.20. The lowest BCUT2D eigenvalue weighted by atomic mass is 10.2. The highest BCUT2D eigenvalue weighted by molar-refractivity contribution is 5.61. The van der Waals surface area contributed by atoms with E-state index in [0.717, 1.165) is 36.8 Å². The second-order valence-corrected chi connectivity index (χ2v) is 4.34. The van der Waals surface area contributed by atoms with Gasteiger partial charge in [0, 0.05) is 31.7 Å². The Morgan fingerprint density at radius 1 is 1.29 bits per heavy atom. The number of nitrogens with zero attached hydrogens (tertiary/aromatic N) is 1. The van der Waals surface area contributed by atoms with E-state index in [4.69, 9.17) is 9.47 Å². The van der Waals surface area contributed by atoms with Crippen molar-refractivity contribution in [1.82, 2.24) is 5.32 Å². The third-order valence-electron chi connectivity index (χ3n) is 3.10. The van der Waals surface area contributed by atoms with Gasteiger partial charge in [0.25, 0.3) is 0 Å². The van der Waals surface area contributed by atoms with E-state index in [-0.39, 0.29) is 0 Å². The van der Waals surface area contributed by atoms with Gasteiger partial charge >= 0.3 is 0 Å². The van der Waals surface area contributed by atoms with Gasteiger partial charge in [0.1, 0.15) is 11.5 Å². The average Bonchev–Trinajstić information content (AvgIpc) is 2.38. The molecule has 1 fully saturated rings. The molecule has 0 spiro atoms. The SMILES string of the molecule is COc1ccc(N2CCNC(C)C2)c(OC)c1. The third kappa shape index (κ3) is 2.64.